The van der Waals surface area contributed by atoms with Crippen molar-refractivity contribution in [1.82, 2.24) is 0 Å². The summed E-state index contributed by atoms with van der Waals surface area (Å²) < 4.78 is 9.36. The molecular formula is C18H17NO5S. The first kappa shape index (κ1) is 18.5. The van der Waals surface area contributed by atoms with Crippen LogP contribution < -0.4 is 5.32 Å². The van der Waals surface area contributed by atoms with Crippen LogP contribution in [0.15, 0.2) is 47.4 Å². The second-order valence-corrected chi connectivity index (χ2v) is 5.78. The predicted octanol–water partition coefficient (Wildman–Crippen LogP) is 3.23. The van der Waals surface area contributed by atoms with Crippen molar-refractivity contribution < 1.29 is 23.9 Å². The number of ether oxygens (including phenoxy) is 2. The van der Waals surface area contributed by atoms with Crippen molar-refractivity contribution in [2.75, 3.05) is 25.8 Å². The summed E-state index contributed by atoms with van der Waals surface area (Å²) in [5.74, 6) is -1.58. The summed E-state index contributed by atoms with van der Waals surface area (Å²) in [6.07, 6.45) is 1.87. The smallest absolute Gasteiger partial charge is 0.337 e. The van der Waals surface area contributed by atoms with Crippen LogP contribution >= 0.6 is 11.8 Å². The van der Waals surface area contributed by atoms with Gasteiger partial charge in [0.2, 0.25) is 0 Å². The standard InChI is InChI=1S/C18H17NO5S/c1-23-17(21)11-8-12(18(22)24-2)10-13(9-11)19-16(20)14-6-4-5-7-15(14)25-3/h4-10H,1-3H3,(H,19,20). The van der Waals surface area contributed by atoms with Crippen LogP contribution in [-0.4, -0.2) is 38.3 Å². The van der Waals surface area contributed by atoms with E-state index in [2.05, 4.69) is 14.8 Å². The van der Waals surface area contributed by atoms with E-state index in [1.54, 1.807) is 12.1 Å². The third-order valence-corrected chi connectivity index (χ3v) is 4.18. The van der Waals surface area contributed by atoms with E-state index < -0.39 is 11.9 Å². The van der Waals surface area contributed by atoms with Gasteiger partial charge in [0.1, 0.15) is 0 Å². The Labute approximate surface area is 149 Å². The largest absolute Gasteiger partial charge is 0.465 e. The maximum atomic E-state index is 12.5. The van der Waals surface area contributed by atoms with E-state index >= 15 is 0 Å². The normalized spacial score (nSPS) is 10.0. The highest BCUT2D eigenvalue weighted by atomic mass is 32.2. The van der Waals surface area contributed by atoms with Gasteiger partial charge in [-0.1, -0.05) is 12.1 Å². The fourth-order valence-electron chi connectivity index (χ4n) is 2.20. The summed E-state index contributed by atoms with van der Waals surface area (Å²) in [7, 11) is 2.47. The molecule has 7 heteroatoms. The topological polar surface area (TPSA) is 81.7 Å². The maximum absolute atomic E-state index is 12.5. The lowest BCUT2D eigenvalue weighted by Gasteiger charge is -2.11. The number of anilines is 1. The maximum Gasteiger partial charge on any atom is 0.337 e. The number of hydrogen-bond donors (Lipinski definition) is 1. The Bertz CT molecular complexity index is 785. The zero-order valence-electron chi connectivity index (χ0n) is 14.0. The highest BCUT2D eigenvalue weighted by Gasteiger charge is 2.16. The van der Waals surface area contributed by atoms with Crippen molar-refractivity contribution in [2.24, 2.45) is 0 Å². The predicted molar refractivity (Wildman–Crippen MR) is 95.3 cm³/mol. The molecule has 25 heavy (non-hydrogen) atoms. The van der Waals surface area contributed by atoms with E-state index in [1.165, 1.54) is 44.2 Å². The van der Waals surface area contributed by atoms with Crippen LogP contribution in [0.5, 0.6) is 0 Å². The third kappa shape index (κ3) is 4.39. The van der Waals surface area contributed by atoms with Gasteiger partial charge in [0, 0.05) is 10.6 Å². The summed E-state index contributed by atoms with van der Waals surface area (Å²) in [5.41, 5.74) is 1.07. The molecule has 0 fully saturated rings. The van der Waals surface area contributed by atoms with Crippen LogP contribution in [0, 0.1) is 0 Å². The Kier molecular flexibility index (Phi) is 6.19. The van der Waals surface area contributed by atoms with Crippen LogP contribution in [0.2, 0.25) is 0 Å². The lowest BCUT2D eigenvalue weighted by atomic mass is 10.1. The van der Waals surface area contributed by atoms with Crippen LogP contribution in [0.1, 0.15) is 31.1 Å². The Morgan fingerprint density at radius 1 is 0.920 bits per heavy atom. The van der Waals surface area contributed by atoms with E-state index in [9.17, 15) is 14.4 Å². The van der Waals surface area contributed by atoms with Crippen molar-refractivity contribution in [3.05, 3.63) is 59.2 Å². The number of thioether (sulfide) groups is 1. The molecule has 0 saturated heterocycles. The molecule has 1 N–H and O–H groups in total. The molecule has 0 aromatic heterocycles. The van der Waals surface area contributed by atoms with E-state index in [0.29, 0.717) is 11.3 Å². The molecule has 0 unspecified atom stereocenters. The third-order valence-electron chi connectivity index (χ3n) is 3.38. The van der Waals surface area contributed by atoms with Gasteiger partial charge in [0.05, 0.1) is 30.9 Å². The quantitative estimate of drug-likeness (QED) is 0.652. The van der Waals surface area contributed by atoms with Crippen molar-refractivity contribution in [3.63, 3.8) is 0 Å². The van der Waals surface area contributed by atoms with Crippen LogP contribution in [0.4, 0.5) is 5.69 Å². The average molecular weight is 359 g/mol. The van der Waals surface area contributed by atoms with Gasteiger partial charge in [0.25, 0.3) is 5.91 Å². The summed E-state index contributed by atoms with van der Waals surface area (Å²) in [6.45, 7) is 0. The molecular weight excluding hydrogens is 342 g/mol. The molecule has 0 saturated carbocycles. The van der Waals surface area contributed by atoms with Crippen LogP contribution in [0.25, 0.3) is 0 Å². The number of carbonyl (C=O) groups excluding carboxylic acids is 3. The number of amides is 1. The number of nitrogens with one attached hydrogen (secondary N) is 1. The number of carbonyl (C=O) groups is 3. The Balaban J connectivity index is 2.39. The molecule has 0 aliphatic rings. The molecule has 0 atom stereocenters. The van der Waals surface area contributed by atoms with Crippen molar-refractivity contribution >= 4 is 35.3 Å². The molecule has 0 heterocycles. The molecule has 0 spiro atoms. The first-order chi connectivity index (χ1) is 12.0. The van der Waals surface area contributed by atoms with Crippen molar-refractivity contribution in [3.8, 4) is 0 Å². The Hall–Kier alpha value is -2.80. The first-order valence-electron chi connectivity index (χ1n) is 7.26. The molecule has 2 aromatic carbocycles. The minimum atomic E-state index is -0.620. The molecule has 130 valence electrons. The van der Waals surface area contributed by atoms with E-state index in [0.717, 1.165) is 4.90 Å². The van der Waals surface area contributed by atoms with E-state index in [-0.39, 0.29) is 17.0 Å². The van der Waals surface area contributed by atoms with Crippen molar-refractivity contribution in [2.45, 2.75) is 4.90 Å². The van der Waals surface area contributed by atoms with Gasteiger partial charge in [-0.25, -0.2) is 9.59 Å². The van der Waals surface area contributed by atoms with Crippen LogP contribution in [0.3, 0.4) is 0 Å². The summed E-state index contributed by atoms with van der Waals surface area (Å²) in [6, 6.07) is 11.4. The van der Waals surface area contributed by atoms with Gasteiger partial charge < -0.3 is 14.8 Å². The second kappa shape index (κ2) is 8.34. The summed E-state index contributed by atoms with van der Waals surface area (Å²) in [4.78, 5) is 36.9. The fraction of sp³-hybridized carbons (Fsp3) is 0.167. The minimum Gasteiger partial charge on any atom is -0.465 e. The molecule has 6 nitrogen and oxygen atoms in total. The van der Waals surface area contributed by atoms with Gasteiger partial charge in [0.15, 0.2) is 0 Å². The molecule has 1 amide bonds. The van der Waals surface area contributed by atoms with Crippen molar-refractivity contribution in [1.29, 1.82) is 0 Å². The lowest BCUT2D eigenvalue weighted by molar-refractivity contribution is 0.0599. The van der Waals surface area contributed by atoms with E-state index in [1.807, 2.05) is 18.4 Å². The number of esters is 2. The zero-order chi connectivity index (χ0) is 18.4. The highest BCUT2D eigenvalue weighted by molar-refractivity contribution is 7.98. The lowest BCUT2D eigenvalue weighted by Crippen LogP contribution is -2.15. The zero-order valence-corrected chi connectivity index (χ0v) is 14.8. The molecule has 0 bridgehead atoms. The van der Waals surface area contributed by atoms with Gasteiger partial charge in [-0.15, -0.1) is 11.8 Å². The van der Waals surface area contributed by atoms with Gasteiger partial charge in [-0.2, -0.15) is 0 Å². The number of benzene rings is 2. The molecule has 0 aliphatic carbocycles. The molecule has 2 aromatic rings. The second-order valence-electron chi connectivity index (χ2n) is 4.94. The van der Waals surface area contributed by atoms with E-state index in [4.69, 9.17) is 0 Å². The van der Waals surface area contributed by atoms with Gasteiger partial charge >= 0.3 is 11.9 Å². The molecule has 0 radical (unpaired) electrons. The van der Waals surface area contributed by atoms with Gasteiger partial charge in [-0.3, -0.25) is 4.79 Å². The summed E-state index contributed by atoms with van der Waals surface area (Å²) in [5, 5.41) is 2.70. The van der Waals surface area contributed by atoms with Gasteiger partial charge in [-0.05, 0) is 36.6 Å². The Morgan fingerprint density at radius 2 is 1.48 bits per heavy atom. The monoisotopic (exact) mass is 359 g/mol. The SMILES string of the molecule is COC(=O)c1cc(NC(=O)c2ccccc2SC)cc(C(=O)OC)c1. The first-order valence-corrected chi connectivity index (χ1v) is 8.48. The fourth-order valence-corrected chi connectivity index (χ4v) is 2.80. The average Bonchev–Trinajstić information content (AvgIpc) is 2.66. The highest BCUT2D eigenvalue weighted by Crippen LogP contribution is 2.22. The number of methoxy groups -OCH3 is 2. The number of hydrogen-bond acceptors (Lipinski definition) is 6. The molecule has 0 aliphatic heterocycles. The summed E-state index contributed by atoms with van der Waals surface area (Å²) >= 11 is 1.45. The number of rotatable bonds is 5. The minimum absolute atomic E-state index is 0.138. The van der Waals surface area contributed by atoms with Crippen LogP contribution in [-0.2, 0) is 9.47 Å². The molecule has 2 rings (SSSR count). The Morgan fingerprint density at radius 3 is 2.00 bits per heavy atom.